The van der Waals surface area contributed by atoms with E-state index in [1.54, 1.807) is 0 Å². The number of aliphatic imine (C=N–C) groups is 1. The number of alkyl halides is 3. The van der Waals surface area contributed by atoms with Gasteiger partial charge in [0.15, 0.2) is 18.0 Å². The van der Waals surface area contributed by atoms with E-state index in [4.69, 9.17) is 15.6 Å². The van der Waals surface area contributed by atoms with Crippen LogP contribution in [0.1, 0.15) is 0 Å². The molecule has 0 aromatic rings. The van der Waals surface area contributed by atoms with Crippen molar-refractivity contribution in [1.82, 2.24) is 4.90 Å². The Hall–Kier alpha value is -1.58. The van der Waals surface area contributed by atoms with Crippen molar-refractivity contribution in [2.75, 3.05) is 6.61 Å². The molecular weight excluding hydrogens is 279 g/mol. The molecule has 6 nitrogen and oxygen atoms in total. The average molecular weight is 293 g/mol. The molecule has 0 spiro atoms. The van der Waals surface area contributed by atoms with E-state index in [1.165, 1.54) is 12.3 Å². The van der Waals surface area contributed by atoms with Crippen molar-refractivity contribution in [3.05, 3.63) is 24.7 Å². The van der Waals surface area contributed by atoms with Crippen LogP contribution in [-0.4, -0.2) is 58.1 Å². The molecule has 2 aliphatic heterocycles. The van der Waals surface area contributed by atoms with E-state index in [1.807, 2.05) is 0 Å². The molecule has 0 aromatic carbocycles. The second-order valence-electron chi connectivity index (χ2n) is 4.49. The van der Waals surface area contributed by atoms with Crippen molar-refractivity contribution in [1.29, 1.82) is 0 Å². The van der Waals surface area contributed by atoms with Crippen LogP contribution in [0.3, 0.4) is 0 Å². The number of rotatable bonds is 3. The van der Waals surface area contributed by atoms with E-state index in [0.717, 1.165) is 4.90 Å². The Bertz CT molecular complexity index is 471. The fraction of sp³-hybridized carbons (Fsp3) is 0.545. The number of hydrogen-bond acceptors (Lipinski definition) is 6. The molecule has 4 N–H and O–H groups in total. The lowest BCUT2D eigenvalue weighted by Crippen LogP contribution is -2.51. The normalized spacial score (nSPS) is 37.7. The summed E-state index contributed by atoms with van der Waals surface area (Å²) in [6, 6.07) is 0. The summed E-state index contributed by atoms with van der Waals surface area (Å²) in [5, 5.41) is 18.7. The molecule has 0 aromatic heterocycles. The molecule has 0 bridgehead atoms. The van der Waals surface area contributed by atoms with E-state index >= 15 is 0 Å². The second-order valence-corrected chi connectivity index (χ2v) is 4.49. The number of hydrogen-bond donors (Lipinski definition) is 3. The number of nitrogens with zero attached hydrogens (tertiary/aromatic N) is 2. The number of amidine groups is 1. The van der Waals surface area contributed by atoms with Gasteiger partial charge >= 0.3 is 0 Å². The maximum atomic E-state index is 14.1. The molecule has 1 fully saturated rings. The van der Waals surface area contributed by atoms with Gasteiger partial charge in [0.05, 0.1) is 6.61 Å². The molecule has 0 unspecified atom stereocenters. The van der Waals surface area contributed by atoms with Crippen LogP contribution in [-0.2, 0) is 4.74 Å². The van der Waals surface area contributed by atoms with Crippen molar-refractivity contribution in [2.24, 2.45) is 10.7 Å². The number of ether oxygens (including phenoxy) is 1. The summed E-state index contributed by atoms with van der Waals surface area (Å²) in [4.78, 5) is 4.78. The monoisotopic (exact) mass is 293 g/mol. The topological polar surface area (TPSA) is 91.3 Å². The molecule has 2 aliphatic rings. The first kappa shape index (κ1) is 14.8. The van der Waals surface area contributed by atoms with Crippen LogP contribution in [0.2, 0.25) is 0 Å². The minimum absolute atomic E-state index is 0.0205. The van der Waals surface area contributed by atoms with Crippen LogP contribution >= 0.6 is 0 Å². The highest BCUT2D eigenvalue weighted by Crippen LogP contribution is 2.40. The van der Waals surface area contributed by atoms with Crippen molar-refractivity contribution < 1.29 is 28.1 Å². The van der Waals surface area contributed by atoms with Crippen LogP contribution < -0.4 is 5.73 Å². The number of aliphatic hydroxyl groups is 2. The first-order valence-corrected chi connectivity index (χ1v) is 5.72. The summed E-state index contributed by atoms with van der Waals surface area (Å²) in [5.74, 6) is 0.0929. The van der Waals surface area contributed by atoms with E-state index in [0.29, 0.717) is 0 Å². The minimum atomic E-state index is -3.26. The smallest absolute Gasteiger partial charge is 0.272 e. The second kappa shape index (κ2) is 5.08. The Morgan fingerprint density at radius 2 is 2.25 bits per heavy atom. The Balaban J connectivity index is 2.28. The van der Waals surface area contributed by atoms with Gasteiger partial charge < -0.3 is 25.6 Å². The Morgan fingerprint density at radius 1 is 1.60 bits per heavy atom. The summed E-state index contributed by atoms with van der Waals surface area (Å²) in [6.07, 6.45) is -6.63. The zero-order valence-corrected chi connectivity index (χ0v) is 10.3. The van der Waals surface area contributed by atoms with Gasteiger partial charge in [0.25, 0.3) is 6.43 Å². The standard InChI is InChI=1S/C11H14F3N3O3/c1-5-16-6(15)2-3-17(5)9-7(12)8(19)11(4-18,20-9)10(13)14/h2-3,7-10,18-19H,1,4H2,(H2,15,16)/t7-,8+,9-,11-/m1/s1. The summed E-state index contributed by atoms with van der Waals surface area (Å²) in [7, 11) is 0. The maximum absolute atomic E-state index is 14.1. The zero-order chi connectivity index (χ0) is 15.1. The fourth-order valence-electron chi connectivity index (χ4n) is 2.09. The van der Waals surface area contributed by atoms with Gasteiger partial charge in [-0.3, -0.25) is 0 Å². The quantitative estimate of drug-likeness (QED) is 0.664. The molecule has 0 saturated carbocycles. The Morgan fingerprint density at radius 3 is 2.70 bits per heavy atom. The third-order valence-corrected chi connectivity index (χ3v) is 3.27. The summed E-state index contributed by atoms with van der Waals surface area (Å²) < 4.78 is 45.0. The van der Waals surface area contributed by atoms with Gasteiger partial charge in [-0.05, 0) is 6.08 Å². The van der Waals surface area contributed by atoms with Gasteiger partial charge in [-0.2, -0.15) is 0 Å². The summed E-state index contributed by atoms with van der Waals surface area (Å²) in [5.41, 5.74) is 2.73. The molecule has 9 heteroatoms. The number of nitrogens with two attached hydrogens (primary N) is 1. The highest BCUT2D eigenvalue weighted by atomic mass is 19.3. The van der Waals surface area contributed by atoms with Gasteiger partial charge in [0.2, 0.25) is 0 Å². The van der Waals surface area contributed by atoms with E-state index in [9.17, 15) is 18.3 Å². The molecule has 1 saturated heterocycles. The maximum Gasteiger partial charge on any atom is 0.272 e. The van der Waals surface area contributed by atoms with Crippen LogP contribution in [0.15, 0.2) is 29.7 Å². The molecule has 2 heterocycles. The molecule has 0 radical (unpaired) electrons. The average Bonchev–Trinajstić information content (AvgIpc) is 2.64. The minimum Gasteiger partial charge on any atom is -0.393 e. The number of halogens is 3. The van der Waals surface area contributed by atoms with E-state index in [2.05, 4.69) is 11.6 Å². The van der Waals surface area contributed by atoms with Gasteiger partial charge in [0.1, 0.15) is 17.8 Å². The lowest BCUT2D eigenvalue weighted by molar-refractivity contribution is -0.198. The van der Waals surface area contributed by atoms with Gasteiger partial charge in [-0.25, -0.2) is 18.2 Å². The summed E-state index contributed by atoms with van der Waals surface area (Å²) in [6.45, 7) is 2.27. The lowest BCUT2D eigenvalue weighted by atomic mass is 9.97. The van der Waals surface area contributed by atoms with E-state index in [-0.39, 0.29) is 11.7 Å². The SMILES string of the molecule is C=C1N=C(N)C=CN1[C@@H]1O[C@@](CO)(C(F)F)[C@@H](O)[C@H]1F. The molecule has 20 heavy (non-hydrogen) atoms. The highest BCUT2D eigenvalue weighted by molar-refractivity contribution is 5.92. The third-order valence-electron chi connectivity index (χ3n) is 3.27. The van der Waals surface area contributed by atoms with Crippen LogP contribution in [0, 0.1) is 0 Å². The first-order valence-electron chi connectivity index (χ1n) is 5.72. The van der Waals surface area contributed by atoms with Crippen LogP contribution in [0.25, 0.3) is 0 Å². The third kappa shape index (κ3) is 2.07. The molecule has 0 aliphatic carbocycles. The van der Waals surface area contributed by atoms with Crippen LogP contribution in [0.4, 0.5) is 13.2 Å². The van der Waals surface area contributed by atoms with Crippen LogP contribution in [0.5, 0.6) is 0 Å². The molecule has 112 valence electrons. The first-order chi connectivity index (χ1) is 9.33. The molecule has 4 atom stereocenters. The number of aliphatic hydroxyl groups excluding tert-OH is 2. The molecular formula is C11H14F3N3O3. The molecule has 0 amide bonds. The fourth-order valence-corrected chi connectivity index (χ4v) is 2.09. The van der Waals surface area contributed by atoms with Gasteiger partial charge in [0, 0.05) is 6.20 Å². The predicted octanol–water partition coefficient (Wildman–Crippen LogP) is -0.304. The van der Waals surface area contributed by atoms with Crippen molar-refractivity contribution >= 4 is 5.84 Å². The highest BCUT2D eigenvalue weighted by Gasteiger charge is 2.61. The van der Waals surface area contributed by atoms with Crippen molar-refractivity contribution in [3.63, 3.8) is 0 Å². The molecule has 2 rings (SSSR count). The Labute approximate surface area is 112 Å². The van der Waals surface area contributed by atoms with Gasteiger partial charge in [-0.1, -0.05) is 6.58 Å². The van der Waals surface area contributed by atoms with Crippen molar-refractivity contribution in [2.45, 2.75) is 30.5 Å². The zero-order valence-electron chi connectivity index (χ0n) is 10.3. The largest absolute Gasteiger partial charge is 0.393 e. The summed E-state index contributed by atoms with van der Waals surface area (Å²) >= 11 is 0. The lowest BCUT2D eigenvalue weighted by Gasteiger charge is -2.32. The van der Waals surface area contributed by atoms with Crippen molar-refractivity contribution in [3.8, 4) is 0 Å². The Kier molecular flexibility index (Phi) is 3.76. The van der Waals surface area contributed by atoms with Gasteiger partial charge in [-0.15, -0.1) is 0 Å². The predicted molar refractivity (Wildman–Crippen MR) is 63.3 cm³/mol. The van der Waals surface area contributed by atoms with E-state index < -0.39 is 37.1 Å².